The number of hydrogen-bond donors (Lipinski definition) is 0. The van der Waals surface area contributed by atoms with Gasteiger partial charge < -0.3 is 4.90 Å². The van der Waals surface area contributed by atoms with Gasteiger partial charge in [0, 0.05) is 50.7 Å². The Hall–Kier alpha value is -2.21. The van der Waals surface area contributed by atoms with Crippen LogP contribution in [0.2, 0.25) is 0 Å². The van der Waals surface area contributed by atoms with E-state index < -0.39 is 5.54 Å². The van der Waals surface area contributed by atoms with Gasteiger partial charge in [-0.15, -0.1) is 0 Å². The van der Waals surface area contributed by atoms with Gasteiger partial charge in [0.25, 0.3) is 5.91 Å². The maximum absolute atomic E-state index is 13.9. The number of piperidine rings is 1. The topological polar surface area (TPSA) is 41.4 Å². The molecule has 132 valence electrons. The molecule has 6 heteroatoms. The summed E-state index contributed by atoms with van der Waals surface area (Å²) in [4.78, 5) is 17.3. The van der Waals surface area contributed by atoms with Crippen LogP contribution in [0, 0.1) is 5.82 Å². The van der Waals surface area contributed by atoms with E-state index >= 15 is 0 Å². The van der Waals surface area contributed by atoms with E-state index in [9.17, 15) is 9.18 Å². The summed E-state index contributed by atoms with van der Waals surface area (Å²) in [5, 5.41) is 4.39. The minimum absolute atomic E-state index is 0.164. The highest BCUT2D eigenvalue weighted by Gasteiger charge is 2.46. The molecule has 1 aromatic heterocycles. The van der Waals surface area contributed by atoms with Crippen LogP contribution in [0.4, 0.5) is 4.39 Å². The summed E-state index contributed by atoms with van der Waals surface area (Å²) in [6, 6.07) is 8.78. The molecule has 2 aliphatic heterocycles. The Morgan fingerprint density at radius 2 is 1.88 bits per heavy atom. The fourth-order valence-corrected chi connectivity index (χ4v) is 3.83. The van der Waals surface area contributed by atoms with Crippen LogP contribution in [0.15, 0.2) is 42.7 Å². The lowest BCUT2D eigenvalue weighted by molar-refractivity contribution is -0.148. The van der Waals surface area contributed by atoms with E-state index in [-0.39, 0.29) is 11.7 Å². The van der Waals surface area contributed by atoms with Crippen molar-refractivity contribution >= 4 is 5.91 Å². The molecule has 2 fully saturated rings. The molecule has 2 aliphatic rings. The number of carbonyl (C=O) groups is 1. The summed E-state index contributed by atoms with van der Waals surface area (Å²) < 4.78 is 15.7. The Labute approximate surface area is 147 Å². The monoisotopic (exact) mass is 342 g/mol. The van der Waals surface area contributed by atoms with Crippen molar-refractivity contribution in [1.29, 1.82) is 0 Å². The maximum Gasteiger partial charge on any atom is 0.250 e. The standard InChI is InChI=1S/C19H23FN4O/c20-17-6-2-1-5-16(17)15-22-13-7-19(8-14-22,24-12-3-9-21-24)18(25)23-10-4-11-23/h1-3,5-6,9,12H,4,7-8,10-11,13-15H2. The zero-order valence-electron chi connectivity index (χ0n) is 14.3. The van der Waals surface area contributed by atoms with Gasteiger partial charge in [0.1, 0.15) is 11.4 Å². The van der Waals surface area contributed by atoms with Gasteiger partial charge in [0.05, 0.1) is 0 Å². The van der Waals surface area contributed by atoms with Crippen molar-refractivity contribution in [2.75, 3.05) is 26.2 Å². The lowest BCUT2D eigenvalue weighted by Gasteiger charge is -2.45. The molecule has 0 radical (unpaired) electrons. The van der Waals surface area contributed by atoms with E-state index in [2.05, 4.69) is 10.00 Å². The van der Waals surface area contributed by atoms with Gasteiger partial charge in [0.2, 0.25) is 0 Å². The highest BCUT2D eigenvalue weighted by molar-refractivity contribution is 5.85. The van der Waals surface area contributed by atoms with Crippen LogP contribution in [0.5, 0.6) is 0 Å². The molecule has 0 spiro atoms. The Kier molecular flexibility index (Phi) is 4.29. The molecule has 0 bridgehead atoms. The van der Waals surface area contributed by atoms with Crippen LogP contribution in [0.25, 0.3) is 0 Å². The molecule has 0 unspecified atom stereocenters. The molecule has 5 nitrogen and oxygen atoms in total. The first kappa shape index (κ1) is 16.3. The van der Waals surface area contributed by atoms with Crippen LogP contribution in [0.3, 0.4) is 0 Å². The van der Waals surface area contributed by atoms with Gasteiger partial charge in [0.15, 0.2) is 0 Å². The number of nitrogens with zero attached hydrogens (tertiary/aromatic N) is 4. The number of carbonyl (C=O) groups excluding carboxylic acids is 1. The van der Waals surface area contributed by atoms with Crippen molar-refractivity contribution in [1.82, 2.24) is 19.6 Å². The van der Waals surface area contributed by atoms with Gasteiger partial charge in [-0.2, -0.15) is 5.10 Å². The zero-order chi connectivity index (χ0) is 17.3. The fourth-order valence-electron chi connectivity index (χ4n) is 3.83. The van der Waals surface area contributed by atoms with Crippen molar-refractivity contribution in [3.8, 4) is 0 Å². The average Bonchev–Trinajstić information content (AvgIpc) is 3.11. The molecular formula is C19H23FN4O. The number of likely N-dealkylation sites (tertiary alicyclic amines) is 2. The third-order valence-electron chi connectivity index (χ3n) is 5.52. The first-order valence-corrected chi connectivity index (χ1v) is 8.94. The van der Waals surface area contributed by atoms with E-state index in [1.807, 2.05) is 34.0 Å². The number of rotatable bonds is 4. The first-order chi connectivity index (χ1) is 12.2. The summed E-state index contributed by atoms with van der Waals surface area (Å²) in [6.45, 7) is 3.79. The molecule has 1 amide bonds. The second kappa shape index (κ2) is 6.59. The summed E-state index contributed by atoms with van der Waals surface area (Å²) in [7, 11) is 0. The summed E-state index contributed by atoms with van der Waals surface area (Å²) in [6.07, 6.45) is 6.12. The minimum atomic E-state index is -0.588. The second-order valence-corrected chi connectivity index (χ2v) is 7.00. The van der Waals surface area contributed by atoms with Crippen molar-refractivity contribution in [2.45, 2.75) is 31.3 Å². The van der Waals surface area contributed by atoms with E-state index in [1.165, 1.54) is 6.07 Å². The van der Waals surface area contributed by atoms with Crippen molar-refractivity contribution in [2.24, 2.45) is 0 Å². The van der Waals surface area contributed by atoms with Crippen molar-refractivity contribution < 1.29 is 9.18 Å². The van der Waals surface area contributed by atoms with Crippen LogP contribution in [-0.2, 0) is 16.9 Å². The smallest absolute Gasteiger partial charge is 0.250 e. The number of benzene rings is 1. The highest BCUT2D eigenvalue weighted by atomic mass is 19.1. The number of halogens is 1. The molecule has 2 aromatic rings. The lowest BCUT2D eigenvalue weighted by atomic mass is 9.85. The van der Waals surface area contributed by atoms with Crippen LogP contribution < -0.4 is 0 Å². The lowest BCUT2D eigenvalue weighted by Crippen LogP contribution is -2.59. The highest BCUT2D eigenvalue weighted by Crippen LogP contribution is 2.34. The average molecular weight is 342 g/mol. The molecule has 0 aliphatic carbocycles. The summed E-state index contributed by atoms with van der Waals surface area (Å²) in [5.41, 5.74) is 0.124. The quantitative estimate of drug-likeness (QED) is 0.856. The van der Waals surface area contributed by atoms with E-state index in [0.29, 0.717) is 24.9 Å². The Balaban J connectivity index is 1.50. The van der Waals surface area contributed by atoms with Gasteiger partial charge in [-0.05, 0) is 31.4 Å². The molecule has 0 N–H and O–H groups in total. The van der Waals surface area contributed by atoms with Gasteiger partial charge >= 0.3 is 0 Å². The number of amides is 1. The zero-order valence-corrected chi connectivity index (χ0v) is 14.3. The molecule has 3 heterocycles. The van der Waals surface area contributed by atoms with E-state index in [1.54, 1.807) is 12.3 Å². The molecule has 25 heavy (non-hydrogen) atoms. The second-order valence-electron chi connectivity index (χ2n) is 7.00. The van der Waals surface area contributed by atoms with E-state index in [4.69, 9.17) is 0 Å². The largest absolute Gasteiger partial charge is 0.340 e. The first-order valence-electron chi connectivity index (χ1n) is 8.94. The van der Waals surface area contributed by atoms with Gasteiger partial charge in [-0.1, -0.05) is 18.2 Å². The Morgan fingerprint density at radius 1 is 1.12 bits per heavy atom. The third-order valence-corrected chi connectivity index (χ3v) is 5.52. The summed E-state index contributed by atoms with van der Waals surface area (Å²) in [5.74, 6) is 0.0241. The molecule has 4 rings (SSSR count). The summed E-state index contributed by atoms with van der Waals surface area (Å²) >= 11 is 0. The normalized spacial score (nSPS) is 20.3. The van der Waals surface area contributed by atoms with Crippen LogP contribution in [-0.4, -0.2) is 51.7 Å². The predicted octanol–water partition coefficient (Wildman–Crippen LogP) is 2.25. The Morgan fingerprint density at radius 3 is 2.48 bits per heavy atom. The van der Waals surface area contributed by atoms with Crippen LogP contribution >= 0.6 is 0 Å². The number of aromatic nitrogens is 2. The number of hydrogen-bond acceptors (Lipinski definition) is 3. The fraction of sp³-hybridized carbons (Fsp3) is 0.474. The Bertz CT molecular complexity index is 734. The molecule has 1 aromatic carbocycles. The maximum atomic E-state index is 13.9. The SMILES string of the molecule is O=C(N1CCC1)C1(n2cccn2)CCN(Cc2ccccc2F)CC1. The van der Waals surface area contributed by atoms with Crippen molar-refractivity contribution in [3.63, 3.8) is 0 Å². The molecular weight excluding hydrogens is 319 g/mol. The third kappa shape index (κ3) is 2.95. The molecule has 0 atom stereocenters. The van der Waals surface area contributed by atoms with Gasteiger partial charge in [-0.25, -0.2) is 4.39 Å². The van der Waals surface area contributed by atoms with Crippen molar-refractivity contribution in [3.05, 3.63) is 54.1 Å². The van der Waals surface area contributed by atoms with E-state index in [0.717, 1.165) is 32.6 Å². The van der Waals surface area contributed by atoms with Crippen LogP contribution in [0.1, 0.15) is 24.8 Å². The minimum Gasteiger partial charge on any atom is -0.340 e. The molecule has 2 saturated heterocycles. The van der Waals surface area contributed by atoms with Gasteiger partial charge in [-0.3, -0.25) is 14.4 Å². The predicted molar refractivity (Wildman–Crippen MR) is 92.3 cm³/mol. The molecule has 0 saturated carbocycles.